The molecule has 144 valence electrons. The van der Waals surface area contributed by atoms with E-state index >= 15 is 0 Å². The first-order chi connectivity index (χ1) is 13.6. The van der Waals surface area contributed by atoms with Crippen LogP contribution in [0.5, 0.6) is 11.5 Å². The Morgan fingerprint density at radius 1 is 1.18 bits per heavy atom. The van der Waals surface area contributed by atoms with Crippen molar-refractivity contribution in [3.63, 3.8) is 0 Å². The molecule has 1 atom stereocenters. The van der Waals surface area contributed by atoms with E-state index in [2.05, 4.69) is 10.2 Å². The van der Waals surface area contributed by atoms with E-state index in [0.717, 1.165) is 5.56 Å². The van der Waals surface area contributed by atoms with Gasteiger partial charge in [0.1, 0.15) is 22.9 Å². The Hall–Kier alpha value is -3.32. The third kappa shape index (κ3) is 2.99. The number of methoxy groups -OCH3 is 1. The summed E-state index contributed by atoms with van der Waals surface area (Å²) in [6.45, 7) is 1.03. The summed E-state index contributed by atoms with van der Waals surface area (Å²) in [7, 11) is 1.63. The number of hydrogen-bond acceptors (Lipinski definition) is 5. The number of aromatic hydroxyl groups is 2. The molecule has 1 aromatic heterocycles. The van der Waals surface area contributed by atoms with Gasteiger partial charge in [0.25, 0.3) is 5.91 Å². The number of ether oxygens (including phenoxy) is 1. The quantitative estimate of drug-likeness (QED) is 0.572. The first-order valence-electron chi connectivity index (χ1n) is 9.07. The number of benzene rings is 2. The van der Waals surface area contributed by atoms with Crippen LogP contribution in [0.3, 0.4) is 0 Å². The Labute approximate surface area is 162 Å². The Bertz CT molecular complexity index is 1010. The fraction of sp³-hybridized carbons (Fsp3) is 0.238. The van der Waals surface area contributed by atoms with Gasteiger partial charge >= 0.3 is 0 Å². The fourth-order valence-electron chi connectivity index (χ4n) is 3.73. The molecule has 1 aliphatic heterocycles. The molecule has 0 fully saturated rings. The van der Waals surface area contributed by atoms with Crippen LogP contribution in [0, 0.1) is 0 Å². The SMILES string of the molecule is COCCCN1C(=O)c2[nH]nc(-c3ccccc3O)c2C1c1cccc(O)c1. The van der Waals surface area contributed by atoms with Gasteiger partial charge in [-0.3, -0.25) is 9.89 Å². The van der Waals surface area contributed by atoms with Crippen molar-refractivity contribution in [2.24, 2.45) is 0 Å². The number of nitrogens with zero attached hydrogens (tertiary/aromatic N) is 2. The number of para-hydroxylation sites is 1. The summed E-state index contributed by atoms with van der Waals surface area (Å²) in [4.78, 5) is 14.8. The highest BCUT2D eigenvalue weighted by Crippen LogP contribution is 2.44. The predicted octanol–water partition coefficient (Wildman–Crippen LogP) is 3.07. The topological polar surface area (TPSA) is 98.7 Å². The average Bonchev–Trinajstić information content (AvgIpc) is 3.22. The molecule has 0 aliphatic carbocycles. The number of carbonyl (C=O) groups excluding carboxylic acids is 1. The zero-order chi connectivity index (χ0) is 19.7. The van der Waals surface area contributed by atoms with Crippen LogP contribution in [-0.2, 0) is 4.74 Å². The van der Waals surface area contributed by atoms with Crippen molar-refractivity contribution in [3.8, 4) is 22.8 Å². The summed E-state index contributed by atoms with van der Waals surface area (Å²) in [5.41, 5.74) is 2.97. The summed E-state index contributed by atoms with van der Waals surface area (Å²) in [5, 5.41) is 27.5. The number of rotatable bonds is 6. The number of aromatic nitrogens is 2. The molecule has 2 aromatic carbocycles. The lowest BCUT2D eigenvalue weighted by Gasteiger charge is -2.26. The molecule has 1 unspecified atom stereocenters. The van der Waals surface area contributed by atoms with E-state index in [9.17, 15) is 15.0 Å². The second-order valence-corrected chi connectivity index (χ2v) is 6.72. The van der Waals surface area contributed by atoms with Gasteiger partial charge in [-0.05, 0) is 36.2 Å². The zero-order valence-electron chi connectivity index (χ0n) is 15.4. The van der Waals surface area contributed by atoms with E-state index < -0.39 is 6.04 Å². The van der Waals surface area contributed by atoms with E-state index in [1.54, 1.807) is 48.4 Å². The smallest absolute Gasteiger partial charge is 0.273 e. The molecule has 4 rings (SSSR count). The second kappa shape index (κ2) is 7.36. The van der Waals surface area contributed by atoms with Crippen LogP contribution in [-0.4, -0.2) is 51.5 Å². The standard InChI is InChI=1S/C21H21N3O4/c1-28-11-5-10-24-20(13-6-4-7-14(25)12-13)17-18(22-23-19(17)21(24)27)15-8-2-3-9-16(15)26/h2-4,6-9,12,20,25-26H,5,10-11H2,1H3,(H,22,23). The molecule has 28 heavy (non-hydrogen) atoms. The molecular weight excluding hydrogens is 358 g/mol. The molecule has 0 bridgehead atoms. The maximum Gasteiger partial charge on any atom is 0.273 e. The molecule has 3 N–H and O–H groups in total. The number of fused-ring (bicyclic) bond motifs is 1. The summed E-state index contributed by atoms with van der Waals surface area (Å²) < 4.78 is 5.13. The monoisotopic (exact) mass is 379 g/mol. The zero-order valence-corrected chi connectivity index (χ0v) is 15.4. The van der Waals surface area contributed by atoms with Crippen LogP contribution in [0.15, 0.2) is 48.5 Å². The summed E-state index contributed by atoms with van der Waals surface area (Å²) in [6, 6.07) is 13.4. The molecular formula is C21H21N3O4. The highest BCUT2D eigenvalue weighted by Gasteiger charge is 2.42. The van der Waals surface area contributed by atoms with Crippen molar-refractivity contribution in [1.29, 1.82) is 0 Å². The minimum absolute atomic E-state index is 0.0942. The Morgan fingerprint density at radius 2 is 2.00 bits per heavy atom. The van der Waals surface area contributed by atoms with Gasteiger partial charge < -0.3 is 19.8 Å². The number of carbonyl (C=O) groups is 1. The number of amides is 1. The minimum Gasteiger partial charge on any atom is -0.508 e. The molecule has 0 radical (unpaired) electrons. The summed E-state index contributed by atoms with van der Waals surface area (Å²) in [6.07, 6.45) is 0.682. The lowest BCUT2D eigenvalue weighted by molar-refractivity contribution is 0.0723. The molecule has 1 aliphatic rings. The van der Waals surface area contributed by atoms with Crippen LogP contribution >= 0.6 is 0 Å². The molecule has 2 heterocycles. The van der Waals surface area contributed by atoms with Gasteiger partial charge in [0, 0.05) is 31.4 Å². The van der Waals surface area contributed by atoms with Crippen molar-refractivity contribution in [1.82, 2.24) is 15.1 Å². The van der Waals surface area contributed by atoms with Crippen molar-refractivity contribution in [2.75, 3.05) is 20.3 Å². The number of phenols is 2. The van der Waals surface area contributed by atoms with Gasteiger partial charge in [-0.1, -0.05) is 24.3 Å². The highest BCUT2D eigenvalue weighted by molar-refractivity contribution is 6.00. The number of hydrogen-bond donors (Lipinski definition) is 3. The van der Waals surface area contributed by atoms with Gasteiger partial charge in [-0.15, -0.1) is 0 Å². The first-order valence-corrected chi connectivity index (χ1v) is 9.07. The van der Waals surface area contributed by atoms with Crippen LogP contribution in [0.25, 0.3) is 11.3 Å². The van der Waals surface area contributed by atoms with E-state index in [0.29, 0.717) is 42.1 Å². The van der Waals surface area contributed by atoms with E-state index in [1.807, 2.05) is 12.1 Å². The molecule has 7 heteroatoms. The maximum absolute atomic E-state index is 13.1. The molecule has 0 saturated carbocycles. The minimum atomic E-state index is -0.417. The first kappa shape index (κ1) is 18.1. The fourth-order valence-corrected chi connectivity index (χ4v) is 3.73. The largest absolute Gasteiger partial charge is 0.508 e. The molecule has 0 spiro atoms. The third-order valence-electron chi connectivity index (χ3n) is 4.96. The molecule has 1 amide bonds. The normalized spacial score (nSPS) is 15.8. The molecule has 0 saturated heterocycles. The Kier molecular flexibility index (Phi) is 4.75. The van der Waals surface area contributed by atoms with E-state index in [-0.39, 0.29) is 17.4 Å². The second-order valence-electron chi connectivity index (χ2n) is 6.72. The van der Waals surface area contributed by atoms with Crippen LogP contribution in [0.1, 0.15) is 34.1 Å². The summed E-state index contributed by atoms with van der Waals surface area (Å²) >= 11 is 0. The van der Waals surface area contributed by atoms with Crippen molar-refractivity contribution in [2.45, 2.75) is 12.5 Å². The maximum atomic E-state index is 13.1. The lowest BCUT2D eigenvalue weighted by Crippen LogP contribution is -2.31. The Balaban J connectivity index is 1.85. The van der Waals surface area contributed by atoms with Crippen molar-refractivity contribution in [3.05, 3.63) is 65.4 Å². The average molecular weight is 379 g/mol. The van der Waals surface area contributed by atoms with Gasteiger partial charge in [0.15, 0.2) is 0 Å². The third-order valence-corrected chi connectivity index (χ3v) is 4.96. The van der Waals surface area contributed by atoms with Crippen LogP contribution in [0.4, 0.5) is 0 Å². The van der Waals surface area contributed by atoms with Crippen LogP contribution < -0.4 is 0 Å². The number of phenolic OH excluding ortho intramolecular Hbond substituents is 2. The number of nitrogens with one attached hydrogen (secondary N) is 1. The lowest BCUT2D eigenvalue weighted by atomic mass is 9.95. The summed E-state index contributed by atoms with van der Waals surface area (Å²) in [5.74, 6) is 0.0631. The number of aromatic amines is 1. The molecule has 3 aromatic rings. The van der Waals surface area contributed by atoms with Gasteiger partial charge in [-0.25, -0.2) is 0 Å². The van der Waals surface area contributed by atoms with Gasteiger partial charge in [0.05, 0.1) is 6.04 Å². The van der Waals surface area contributed by atoms with E-state index in [4.69, 9.17) is 4.74 Å². The van der Waals surface area contributed by atoms with Gasteiger partial charge in [0.2, 0.25) is 0 Å². The highest BCUT2D eigenvalue weighted by atomic mass is 16.5. The van der Waals surface area contributed by atoms with Crippen LogP contribution in [0.2, 0.25) is 0 Å². The molecule has 7 nitrogen and oxygen atoms in total. The van der Waals surface area contributed by atoms with Gasteiger partial charge in [-0.2, -0.15) is 5.10 Å². The van der Waals surface area contributed by atoms with E-state index in [1.165, 1.54) is 0 Å². The number of H-pyrrole nitrogens is 1. The Morgan fingerprint density at radius 3 is 2.75 bits per heavy atom. The van der Waals surface area contributed by atoms with Crippen molar-refractivity contribution < 1.29 is 19.7 Å². The van der Waals surface area contributed by atoms with Crippen molar-refractivity contribution >= 4 is 5.91 Å². The predicted molar refractivity (Wildman–Crippen MR) is 103 cm³/mol.